The van der Waals surface area contributed by atoms with E-state index >= 15 is 0 Å². The van der Waals surface area contributed by atoms with Crippen LogP contribution in [-0.2, 0) is 14.6 Å². The van der Waals surface area contributed by atoms with Gasteiger partial charge in [-0.1, -0.05) is 23.4 Å². The fourth-order valence-corrected chi connectivity index (χ4v) is 8.41. The molecule has 0 bridgehead atoms. The van der Waals surface area contributed by atoms with E-state index in [0.29, 0.717) is 15.9 Å². The molecule has 2 atom stereocenters. The Hall–Kier alpha value is -2.23. The molecule has 0 unspecified atom stereocenters. The van der Waals surface area contributed by atoms with Crippen molar-refractivity contribution in [3.8, 4) is 5.75 Å². The maximum absolute atomic E-state index is 12.7. The van der Waals surface area contributed by atoms with Crippen LogP contribution in [0.2, 0.25) is 5.02 Å². The Balaban J connectivity index is 1.60. The van der Waals surface area contributed by atoms with Gasteiger partial charge in [-0.15, -0.1) is 0 Å². The number of thioether (sulfide) groups is 1. The van der Waals surface area contributed by atoms with Crippen molar-refractivity contribution < 1.29 is 17.9 Å². The molecule has 0 spiro atoms. The van der Waals surface area contributed by atoms with Crippen LogP contribution in [-0.4, -0.2) is 62.0 Å². The summed E-state index contributed by atoms with van der Waals surface area (Å²) in [7, 11) is -3.14. The van der Waals surface area contributed by atoms with Gasteiger partial charge in [0.2, 0.25) is 0 Å². The number of nitrogens with zero attached hydrogens (tertiary/aromatic N) is 3. The van der Waals surface area contributed by atoms with Crippen LogP contribution in [0.15, 0.2) is 47.5 Å². The van der Waals surface area contributed by atoms with Crippen molar-refractivity contribution in [2.75, 3.05) is 41.0 Å². The zero-order valence-electron chi connectivity index (χ0n) is 19.4. The first-order valence-electron chi connectivity index (χ1n) is 11.2. The molecule has 10 heteroatoms. The molecule has 4 rings (SSSR count). The minimum absolute atomic E-state index is 0.0520. The maximum atomic E-state index is 12.7. The number of ether oxygens (including phenoxy) is 1. The topological polar surface area (TPSA) is 79.3 Å². The summed E-state index contributed by atoms with van der Waals surface area (Å²) < 4.78 is 30.3. The molecule has 2 aromatic carbocycles. The Morgan fingerprint density at radius 1 is 1.18 bits per heavy atom. The number of hydrogen-bond donors (Lipinski definition) is 0. The number of rotatable bonds is 7. The summed E-state index contributed by atoms with van der Waals surface area (Å²) in [6, 6.07) is 12.7. The minimum Gasteiger partial charge on any atom is -0.484 e. The quantitative estimate of drug-likeness (QED) is 0.541. The molecule has 2 aliphatic heterocycles. The Bertz CT molecular complexity index is 1200. The molecular formula is C24H28ClN3O4S2. The van der Waals surface area contributed by atoms with Crippen LogP contribution in [0.5, 0.6) is 5.75 Å². The summed E-state index contributed by atoms with van der Waals surface area (Å²) in [4.78, 5) is 21.2. The normalized spacial score (nSPS) is 22.1. The van der Waals surface area contributed by atoms with Crippen LogP contribution >= 0.6 is 23.4 Å². The molecule has 2 fully saturated rings. The van der Waals surface area contributed by atoms with E-state index in [1.54, 1.807) is 24.3 Å². The van der Waals surface area contributed by atoms with Crippen molar-refractivity contribution in [2.45, 2.75) is 32.1 Å². The Labute approximate surface area is 210 Å². The van der Waals surface area contributed by atoms with Gasteiger partial charge in [0.05, 0.1) is 17.5 Å². The summed E-state index contributed by atoms with van der Waals surface area (Å²) in [5, 5.41) is 0.949. The highest BCUT2D eigenvalue weighted by molar-refractivity contribution is 8.16. The zero-order valence-corrected chi connectivity index (χ0v) is 21.8. The van der Waals surface area contributed by atoms with Gasteiger partial charge in [0, 0.05) is 34.7 Å². The van der Waals surface area contributed by atoms with Gasteiger partial charge < -0.3 is 14.5 Å². The van der Waals surface area contributed by atoms with Gasteiger partial charge in [0.15, 0.2) is 21.6 Å². The van der Waals surface area contributed by atoms with E-state index in [1.165, 1.54) is 11.8 Å². The number of carbonyl (C=O) groups excluding carboxylic acids is 1. The SMILES string of the molecule is CCN(CC)c1ccc(N2C(=NC(=O)COc3ccc(Cl)cc3)S[C@@H]3CS(=O)(=O)C[C@H]32)c(C)c1. The number of anilines is 2. The molecule has 0 aromatic heterocycles. The average Bonchev–Trinajstić information content (AvgIpc) is 3.25. The summed E-state index contributed by atoms with van der Waals surface area (Å²) in [5.41, 5.74) is 2.99. The number of halogens is 1. The zero-order chi connectivity index (χ0) is 24.5. The monoisotopic (exact) mass is 521 g/mol. The van der Waals surface area contributed by atoms with Crippen molar-refractivity contribution in [1.29, 1.82) is 0 Å². The molecule has 7 nitrogen and oxygen atoms in total. The molecule has 34 heavy (non-hydrogen) atoms. The van der Waals surface area contributed by atoms with Gasteiger partial charge in [0.1, 0.15) is 5.75 Å². The highest BCUT2D eigenvalue weighted by atomic mass is 35.5. The predicted octanol–water partition coefficient (Wildman–Crippen LogP) is 4.18. The second-order valence-corrected chi connectivity index (χ2v) is 12.1. The van der Waals surface area contributed by atoms with E-state index in [1.807, 2.05) is 24.0 Å². The fraction of sp³-hybridized carbons (Fsp3) is 0.417. The molecule has 2 saturated heterocycles. The molecule has 2 aliphatic rings. The first kappa shape index (κ1) is 24.9. The van der Waals surface area contributed by atoms with E-state index < -0.39 is 15.7 Å². The summed E-state index contributed by atoms with van der Waals surface area (Å²) in [6.45, 7) is 7.81. The maximum Gasteiger partial charge on any atom is 0.285 e. The standard InChI is InChI=1S/C24H28ClN3O4S2/c1-4-27(5-2)18-8-11-20(16(3)12-18)28-21-14-34(30,31)15-22(21)33-24(28)26-23(29)13-32-19-9-6-17(25)7-10-19/h6-12,21-22H,4-5,13-15H2,1-3H3/t21-,22-/m1/s1. The second-order valence-electron chi connectivity index (χ2n) is 8.34. The Kier molecular flexibility index (Phi) is 7.45. The van der Waals surface area contributed by atoms with Crippen molar-refractivity contribution in [3.05, 3.63) is 53.1 Å². The molecule has 0 aliphatic carbocycles. The molecule has 1 amide bonds. The number of aliphatic imine (C=N–C) groups is 1. The lowest BCUT2D eigenvalue weighted by atomic mass is 10.1. The largest absolute Gasteiger partial charge is 0.484 e. The minimum atomic E-state index is -3.14. The number of benzene rings is 2. The number of hydrogen-bond acceptors (Lipinski definition) is 6. The van der Waals surface area contributed by atoms with Gasteiger partial charge in [0.25, 0.3) is 5.91 Å². The molecule has 2 heterocycles. The molecular weight excluding hydrogens is 494 g/mol. The highest BCUT2D eigenvalue weighted by Crippen LogP contribution is 2.42. The molecule has 2 aromatic rings. The van der Waals surface area contributed by atoms with Gasteiger partial charge >= 0.3 is 0 Å². The summed E-state index contributed by atoms with van der Waals surface area (Å²) in [5.74, 6) is 0.239. The first-order chi connectivity index (χ1) is 16.2. The van der Waals surface area contributed by atoms with Gasteiger partial charge in [-0.05, 0) is 68.8 Å². The van der Waals surface area contributed by atoms with Crippen molar-refractivity contribution in [3.63, 3.8) is 0 Å². The van der Waals surface area contributed by atoms with Crippen LogP contribution < -0.4 is 14.5 Å². The third kappa shape index (κ3) is 5.37. The number of amides is 1. The molecule has 0 N–H and O–H groups in total. The molecule has 0 radical (unpaired) electrons. The van der Waals surface area contributed by atoms with E-state index in [-0.39, 0.29) is 29.4 Å². The molecule has 0 saturated carbocycles. The first-order valence-corrected chi connectivity index (χ1v) is 14.3. The van der Waals surface area contributed by atoms with E-state index in [4.69, 9.17) is 16.3 Å². The van der Waals surface area contributed by atoms with Gasteiger partial charge in [-0.25, -0.2) is 8.42 Å². The van der Waals surface area contributed by atoms with Gasteiger partial charge in [-0.2, -0.15) is 4.99 Å². The number of sulfone groups is 1. The summed E-state index contributed by atoms with van der Waals surface area (Å²) in [6.07, 6.45) is 0. The van der Waals surface area contributed by atoms with E-state index in [9.17, 15) is 13.2 Å². The van der Waals surface area contributed by atoms with E-state index in [2.05, 4.69) is 29.8 Å². The average molecular weight is 522 g/mol. The van der Waals surface area contributed by atoms with Gasteiger partial charge in [-0.3, -0.25) is 4.79 Å². The van der Waals surface area contributed by atoms with E-state index in [0.717, 1.165) is 30.0 Å². The smallest absolute Gasteiger partial charge is 0.285 e. The lowest BCUT2D eigenvalue weighted by Crippen LogP contribution is -2.38. The number of carbonyl (C=O) groups is 1. The van der Waals surface area contributed by atoms with Crippen LogP contribution in [0.3, 0.4) is 0 Å². The third-order valence-corrected chi connectivity index (χ3v) is 9.49. The predicted molar refractivity (Wildman–Crippen MR) is 140 cm³/mol. The lowest BCUT2D eigenvalue weighted by molar-refractivity contribution is -0.119. The Morgan fingerprint density at radius 2 is 1.88 bits per heavy atom. The highest BCUT2D eigenvalue weighted by Gasteiger charge is 2.49. The van der Waals surface area contributed by atoms with Crippen LogP contribution in [0.4, 0.5) is 11.4 Å². The van der Waals surface area contributed by atoms with Crippen LogP contribution in [0.1, 0.15) is 19.4 Å². The molecule has 182 valence electrons. The van der Waals surface area contributed by atoms with Crippen molar-refractivity contribution in [1.82, 2.24) is 0 Å². The fourth-order valence-electron chi connectivity index (χ4n) is 4.36. The number of amidine groups is 1. The lowest BCUT2D eigenvalue weighted by Gasteiger charge is -2.28. The van der Waals surface area contributed by atoms with Crippen LogP contribution in [0, 0.1) is 6.92 Å². The third-order valence-electron chi connectivity index (χ3n) is 6.03. The Morgan fingerprint density at radius 3 is 2.53 bits per heavy atom. The van der Waals surface area contributed by atoms with Crippen molar-refractivity contribution >= 4 is 55.6 Å². The summed E-state index contributed by atoms with van der Waals surface area (Å²) >= 11 is 7.25. The van der Waals surface area contributed by atoms with Crippen molar-refractivity contribution in [2.24, 2.45) is 4.99 Å². The second kappa shape index (κ2) is 10.2. The number of aryl methyl sites for hydroxylation is 1. The number of fused-ring (bicyclic) bond motifs is 1. The van der Waals surface area contributed by atoms with Crippen LogP contribution in [0.25, 0.3) is 0 Å².